The van der Waals surface area contributed by atoms with E-state index in [1.807, 2.05) is 18.4 Å². The fourth-order valence-electron chi connectivity index (χ4n) is 2.59. The van der Waals surface area contributed by atoms with Crippen LogP contribution in [0.3, 0.4) is 0 Å². The summed E-state index contributed by atoms with van der Waals surface area (Å²) in [5.74, 6) is -0.620. The van der Waals surface area contributed by atoms with E-state index in [1.54, 1.807) is 30.0 Å². The zero-order valence-electron chi connectivity index (χ0n) is 14.4. The molecule has 0 unspecified atom stereocenters. The number of hydrogen-bond acceptors (Lipinski definition) is 6. The summed E-state index contributed by atoms with van der Waals surface area (Å²) in [4.78, 5) is 35.5. The van der Waals surface area contributed by atoms with Crippen LogP contribution in [-0.4, -0.2) is 28.7 Å². The Balaban J connectivity index is 1.85. The van der Waals surface area contributed by atoms with Crippen LogP contribution in [0.5, 0.6) is 0 Å². The first kappa shape index (κ1) is 18.6. The van der Waals surface area contributed by atoms with Crippen molar-refractivity contribution in [2.24, 2.45) is 5.10 Å². The largest absolute Gasteiger partial charge is 0.316 e. The molecule has 9 heteroatoms. The maximum absolute atomic E-state index is 12.4. The van der Waals surface area contributed by atoms with E-state index in [2.05, 4.69) is 15.8 Å². The van der Waals surface area contributed by atoms with E-state index in [0.29, 0.717) is 23.3 Å². The Kier molecular flexibility index (Phi) is 5.51. The molecule has 2 aromatic carbocycles. The normalized spacial score (nSPS) is 13.5. The Hall–Kier alpha value is -3.20. The molecular formula is C18H16N4O4S. The summed E-state index contributed by atoms with van der Waals surface area (Å²) in [5, 5.41) is 18.0. The number of amides is 2. The van der Waals surface area contributed by atoms with Crippen molar-refractivity contribution in [3.63, 3.8) is 0 Å². The van der Waals surface area contributed by atoms with Crippen LogP contribution in [0, 0.1) is 10.1 Å². The fraction of sp³-hybridized carbons (Fsp3) is 0.167. The Labute approximate surface area is 159 Å². The van der Waals surface area contributed by atoms with E-state index in [4.69, 9.17) is 0 Å². The lowest BCUT2D eigenvalue weighted by molar-refractivity contribution is -0.383. The van der Waals surface area contributed by atoms with Crippen molar-refractivity contribution in [1.82, 2.24) is 5.43 Å². The lowest BCUT2D eigenvalue weighted by Gasteiger charge is -2.13. The lowest BCUT2D eigenvalue weighted by atomic mass is 10.0. The third kappa shape index (κ3) is 4.32. The first-order valence-corrected chi connectivity index (χ1v) is 9.30. The third-order valence-electron chi connectivity index (χ3n) is 4.03. The van der Waals surface area contributed by atoms with Crippen LogP contribution in [0.15, 0.2) is 52.5 Å². The van der Waals surface area contributed by atoms with Crippen molar-refractivity contribution in [3.05, 3.63) is 63.7 Å². The van der Waals surface area contributed by atoms with Crippen LogP contribution in [-0.2, 0) is 4.79 Å². The number of carbonyl (C=O) groups is 2. The number of carbonyl (C=O) groups excluding carboxylic acids is 2. The molecule has 0 saturated heterocycles. The van der Waals surface area contributed by atoms with E-state index >= 15 is 0 Å². The van der Waals surface area contributed by atoms with E-state index in [9.17, 15) is 19.7 Å². The summed E-state index contributed by atoms with van der Waals surface area (Å²) in [6.07, 6.45) is 2.61. The second-order valence-corrected chi connectivity index (χ2v) is 6.64. The Morgan fingerprint density at radius 1 is 1.22 bits per heavy atom. The number of nitro groups is 1. The number of benzene rings is 2. The SMILES string of the molecule is CSc1ccc(C(=O)Nc2ccc(C3=NNC(=O)CC3)cc2[N+](=O)[O-])cc1. The second-order valence-electron chi connectivity index (χ2n) is 5.77. The number of rotatable bonds is 5. The molecule has 1 heterocycles. The molecule has 0 aliphatic carbocycles. The molecule has 0 atom stereocenters. The lowest BCUT2D eigenvalue weighted by Crippen LogP contribution is -2.26. The number of nitrogens with one attached hydrogen (secondary N) is 2. The summed E-state index contributed by atoms with van der Waals surface area (Å²) in [5.41, 5.74) is 3.73. The smallest absolute Gasteiger partial charge is 0.293 e. The molecule has 0 radical (unpaired) electrons. The van der Waals surface area contributed by atoms with Gasteiger partial charge in [0.15, 0.2) is 0 Å². The van der Waals surface area contributed by atoms with E-state index in [1.165, 1.54) is 12.1 Å². The second kappa shape index (κ2) is 8.00. The number of nitrogens with zero attached hydrogens (tertiary/aromatic N) is 2. The summed E-state index contributed by atoms with van der Waals surface area (Å²) < 4.78 is 0. The van der Waals surface area contributed by atoms with Gasteiger partial charge in [-0.2, -0.15) is 5.10 Å². The maximum atomic E-state index is 12.4. The van der Waals surface area contributed by atoms with Gasteiger partial charge in [0, 0.05) is 34.9 Å². The minimum absolute atomic E-state index is 0.100. The maximum Gasteiger partial charge on any atom is 0.293 e. The molecule has 138 valence electrons. The Morgan fingerprint density at radius 3 is 2.56 bits per heavy atom. The van der Waals surface area contributed by atoms with Gasteiger partial charge in [0.25, 0.3) is 11.6 Å². The van der Waals surface area contributed by atoms with Crippen molar-refractivity contribution in [2.45, 2.75) is 17.7 Å². The molecule has 0 aromatic heterocycles. The zero-order chi connectivity index (χ0) is 19.4. The van der Waals surface area contributed by atoms with Crippen LogP contribution in [0.1, 0.15) is 28.8 Å². The molecule has 2 N–H and O–H groups in total. The summed E-state index contributed by atoms with van der Waals surface area (Å²) in [6.45, 7) is 0. The van der Waals surface area contributed by atoms with Crippen LogP contribution < -0.4 is 10.7 Å². The van der Waals surface area contributed by atoms with Crippen LogP contribution in [0.25, 0.3) is 0 Å². The first-order chi connectivity index (χ1) is 13.0. The summed E-state index contributed by atoms with van der Waals surface area (Å²) in [7, 11) is 0. The average molecular weight is 384 g/mol. The number of hydrogen-bond donors (Lipinski definition) is 2. The monoisotopic (exact) mass is 384 g/mol. The molecule has 1 aliphatic rings. The Morgan fingerprint density at radius 2 is 1.96 bits per heavy atom. The molecule has 0 spiro atoms. The van der Waals surface area contributed by atoms with Crippen molar-refractivity contribution in [1.29, 1.82) is 0 Å². The number of nitro benzene ring substituents is 1. The van der Waals surface area contributed by atoms with Crippen molar-refractivity contribution >= 4 is 40.7 Å². The van der Waals surface area contributed by atoms with Crippen molar-refractivity contribution in [3.8, 4) is 0 Å². The van der Waals surface area contributed by atoms with E-state index in [-0.39, 0.29) is 23.7 Å². The first-order valence-electron chi connectivity index (χ1n) is 8.07. The van der Waals surface area contributed by atoms with Gasteiger partial charge in [-0.25, -0.2) is 5.43 Å². The van der Waals surface area contributed by atoms with Gasteiger partial charge in [-0.3, -0.25) is 19.7 Å². The molecule has 8 nitrogen and oxygen atoms in total. The molecule has 2 aromatic rings. The molecule has 2 amide bonds. The fourth-order valence-corrected chi connectivity index (χ4v) is 3.00. The van der Waals surface area contributed by atoms with Crippen LogP contribution in [0.2, 0.25) is 0 Å². The van der Waals surface area contributed by atoms with Crippen molar-refractivity contribution < 1.29 is 14.5 Å². The topological polar surface area (TPSA) is 114 Å². The van der Waals surface area contributed by atoms with Crippen molar-refractivity contribution in [2.75, 3.05) is 11.6 Å². The molecule has 0 bridgehead atoms. The van der Waals surface area contributed by atoms with E-state index in [0.717, 1.165) is 4.90 Å². The van der Waals surface area contributed by atoms with Gasteiger partial charge < -0.3 is 5.32 Å². The van der Waals surface area contributed by atoms with Gasteiger partial charge in [0.2, 0.25) is 5.91 Å². The molecular weight excluding hydrogens is 368 g/mol. The van der Waals surface area contributed by atoms with Crippen LogP contribution >= 0.6 is 11.8 Å². The standard InChI is InChI=1S/C18H16N4O4S/c1-27-13-5-2-11(3-6-13)18(24)19-15-7-4-12(10-16(15)22(25)26)14-8-9-17(23)21-20-14/h2-7,10H,8-9H2,1H3,(H,19,24)(H,21,23). The summed E-state index contributed by atoms with van der Waals surface area (Å²) >= 11 is 1.56. The van der Waals surface area contributed by atoms with Gasteiger partial charge in [-0.1, -0.05) is 6.07 Å². The number of anilines is 1. The highest BCUT2D eigenvalue weighted by Gasteiger charge is 2.21. The molecule has 27 heavy (non-hydrogen) atoms. The van der Waals surface area contributed by atoms with Gasteiger partial charge in [-0.15, -0.1) is 11.8 Å². The zero-order valence-corrected chi connectivity index (χ0v) is 15.2. The molecule has 3 rings (SSSR count). The average Bonchev–Trinajstić information content (AvgIpc) is 2.69. The number of thioether (sulfide) groups is 1. The highest BCUT2D eigenvalue weighted by atomic mass is 32.2. The van der Waals surface area contributed by atoms with Gasteiger partial charge in [0.05, 0.1) is 10.6 Å². The minimum atomic E-state index is -0.558. The molecule has 1 aliphatic heterocycles. The van der Waals surface area contributed by atoms with Gasteiger partial charge in [-0.05, 0) is 36.6 Å². The quantitative estimate of drug-likeness (QED) is 0.467. The van der Waals surface area contributed by atoms with Gasteiger partial charge in [0.1, 0.15) is 5.69 Å². The molecule has 0 fully saturated rings. The summed E-state index contributed by atoms with van der Waals surface area (Å²) in [6, 6.07) is 11.4. The molecule has 0 saturated carbocycles. The Bertz CT molecular complexity index is 941. The highest BCUT2D eigenvalue weighted by Crippen LogP contribution is 2.27. The minimum Gasteiger partial charge on any atom is -0.316 e. The van der Waals surface area contributed by atoms with Gasteiger partial charge >= 0.3 is 0 Å². The third-order valence-corrected chi connectivity index (χ3v) is 4.78. The van der Waals surface area contributed by atoms with E-state index < -0.39 is 10.8 Å². The predicted molar refractivity (Wildman–Crippen MR) is 103 cm³/mol. The number of hydrazone groups is 1. The van der Waals surface area contributed by atoms with Crippen LogP contribution in [0.4, 0.5) is 11.4 Å². The highest BCUT2D eigenvalue weighted by molar-refractivity contribution is 7.98. The predicted octanol–water partition coefficient (Wildman–Crippen LogP) is 3.18.